The highest BCUT2D eigenvalue weighted by Gasteiger charge is 2.33. The predicted octanol–water partition coefficient (Wildman–Crippen LogP) is 1.01. The largest absolute Gasteiger partial charge is 0.297 e. The minimum Gasteiger partial charge on any atom is -0.282 e. The topological polar surface area (TPSA) is 143 Å². The average molecular weight is 378 g/mol. The highest BCUT2D eigenvalue weighted by Crippen LogP contribution is 2.31. The Labute approximate surface area is 132 Å². The molecule has 2 aromatic rings. The van der Waals surface area contributed by atoms with E-state index in [4.69, 9.17) is 4.55 Å². The number of hydrogen-bond donors (Lipinski definition) is 2. The second-order valence-corrected chi connectivity index (χ2v) is 9.02. The summed E-state index contributed by atoms with van der Waals surface area (Å²) in [6.45, 7) is 0. The standard InChI is InChI=1S/C12H10O8S3/c13-21(14,9-5-2-1-3-6-9)10-7-4-8-11(22(15,16)17)12(10)23(18,19)20/h1-8H,(H,15,16,17)(H,18,19,20). The van der Waals surface area contributed by atoms with Crippen molar-refractivity contribution in [1.82, 2.24) is 0 Å². The van der Waals surface area contributed by atoms with Gasteiger partial charge in [0.1, 0.15) is 9.79 Å². The quantitative estimate of drug-likeness (QED) is 0.750. The molecule has 0 saturated heterocycles. The van der Waals surface area contributed by atoms with Crippen molar-refractivity contribution in [3.8, 4) is 0 Å². The molecule has 0 aromatic heterocycles. The molecule has 2 rings (SSSR count). The van der Waals surface area contributed by atoms with E-state index in [0.29, 0.717) is 6.07 Å². The molecule has 0 saturated carbocycles. The van der Waals surface area contributed by atoms with E-state index in [1.165, 1.54) is 30.3 Å². The van der Waals surface area contributed by atoms with Crippen molar-refractivity contribution in [2.45, 2.75) is 19.6 Å². The third-order valence-electron chi connectivity index (χ3n) is 2.82. The van der Waals surface area contributed by atoms with Gasteiger partial charge in [-0.1, -0.05) is 24.3 Å². The molecule has 0 aliphatic heterocycles. The van der Waals surface area contributed by atoms with Crippen LogP contribution in [0.25, 0.3) is 0 Å². The van der Waals surface area contributed by atoms with Crippen LogP contribution < -0.4 is 0 Å². The smallest absolute Gasteiger partial charge is 0.282 e. The van der Waals surface area contributed by atoms with Crippen molar-refractivity contribution < 1.29 is 34.4 Å². The zero-order valence-electron chi connectivity index (χ0n) is 11.2. The minimum atomic E-state index is -5.26. The van der Waals surface area contributed by atoms with Crippen LogP contribution in [0.5, 0.6) is 0 Å². The molecule has 0 heterocycles. The minimum absolute atomic E-state index is 0.308. The number of rotatable bonds is 4. The summed E-state index contributed by atoms with van der Waals surface area (Å²) in [5.74, 6) is 0. The van der Waals surface area contributed by atoms with Gasteiger partial charge in [-0.05, 0) is 24.3 Å². The van der Waals surface area contributed by atoms with Crippen LogP contribution in [0.2, 0.25) is 0 Å². The van der Waals surface area contributed by atoms with Gasteiger partial charge in [-0.2, -0.15) is 16.8 Å². The van der Waals surface area contributed by atoms with Gasteiger partial charge >= 0.3 is 0 Å². The Bertz CT molecular complexity index is 1050. The highest BCUT2D eigenvalue weighted by molar-refractivity contribution is 7.93. The van der Waals surface area contributed by atoms with E-state index in [9.17, 15) is 29.8 Å². The van der Waals surface area contributed by atoms with Gasteiger partial charge in [0.15, 0.2) is 0 Å². The fourth-order valence-corrected chi connectivity index (χ4v) is 5.85. The second kappa shape index (κ2) is 5.69. The molecule has 0 unspecified atom stereocenters. The van der Waals surface area contributed by atoms with Crippen LogP contribution in [0.1, 0.15) is 0 Å². The molecule has 0 spiro atoms. The third kappa shape index (κ3) is 3.43. The van der Waals surface area contributed by atoms with Gasteiger partial charge in [0.25, 0.3) is 20.2 Å². The number of hydrogen-bond acceptors (Lipinski definition) is 6. The summed E-state index contributed by atoms with van der Waals surface area (Å²) in [4.78, 5) is -3.89. The predicted molar refractivity (Wildman–Crippen MR) is 78.0 cm³/mol. The molecule has 0 bridgehead atoms. The molecule has 11 heteroatoms. The third-order valence-corrected chi connectivity index (χ3v) is 6.74. The van der Waals surface area contributed by atoms with Crippen LogP contribution in [0.3, 0.4) is 0 Å². The first-order valence-electron chi connectivity index (χ1n) is 5.84. The van der Waals surface area contributed by atoms with Crippen molar-refractivity contribution in [2.75, 3.05) is 0 Å². The lowest BCUT2D eigenvalue weighted by Gasteiger charge is -2.11. The van der Waals surface area contributed by atoms with Crippen LogP contribution in [0, 0.1) is 0 Å². The zero-order valence-corrected chi connectivity index (χ0v) is 13.6. The molecular weight excluding hydrogens is 368 g/mol. The molecule has 0 fully saturated rings. The Morgan fingerprint density at radius 3 is 1.61 bits per heavy atom. The normalized spacial score (nSPS) is 13.0. The molecule has 124 valence electrons. The molecule has 0 aliphatic rings. The van der Waals surface area contributed by atoms with E-state index in [1.54, 1.807) is 0 Å². The van der Waals surface area contributed by atoms with Crippen molar-refractivity contribution in [3.63, 3.8) is 0 Å². The lowest BCUT2D eigenvalue weighted by Crippen LogP contribution is -2.14. The zero-order chi connectivity index (χ0) is 17.5. The Balaban J connectivity index is 2.96. The van der Waals surface area contributed by atoms with E-state index in [-0.39, 0.29) is 4.90 Å². The van der Waals surface area contributed by atoms with Crippen LogP contribution in [-0.4, -0.2) is 34.4 Å². The Kier molecular flexibility index (Phi) is 4.34. The van der Waals surface area contributed by atoms with E-state index < -0.39 is 44.8 Å². The molecule has 2 N–H and O–H groups in total. The van der Waals surface area contributed by atoms with Gasteiger partial charge in [0.2, 0.25) is 9.84 Å². The summed E-state index contributed by atoms with van der Waals surface area (Å²) >= 11 is 0. The van der Waals surface area contributed by atoms with Gasteiger partial charge in [0.05, 0.1) is 9.79 Å². The SMILES string of the molecule is O=S(=O)(O)c1cccc(S(=O)(=O)c2ccccc2)c1S(=O)(=O)O. The maximum atomic E-state index is 12.5. The highest BCUT2D eigenvalue weighted by atomic mass is 32.2. The van der Waals surface area contributed by atoms with Gasteiger partial charge in [-0.3, -0.25) is 9.11 Å². The molecule has 0 radical (unpaired) electrons. The van der Waals surface area contributed by atoms with E-state index in [0.717, 1.165) is 12.1 Å². The Morgan fingerprint density at radius 2 is 1.13 bits per heavy atom. The van der Waals surface area contributed by atoms with Gasteiger partial charge in [-0.15, -0.1) is 0 Å². The van der Waals surface area contributed by atoms with Gasteiger partial charge < -0.3 is 0 Å². The maximum absolute atomic E-state index is 12.5. The second-order valence-electron chi connectivity index (χ2n) is 4.35. The van der Waals surface area contributed by atoms with Gasteiger partial charge in [0, 0.05) is 0 Å². The average Bonchev–Trinajstić information content (AvgIpc) is 2.45. The summed E-state index contributed by atoms with van der Waals surface area (Å²) in [6, 6.07) is 9.05. The Hall–Kier alpha value is -1.79. The molecule has 0 amide bonds. The fourth-order valence-electron chi connectivity index (χ4n) is 1.89. The summed E-state index contributed by atoms with van der Waals surface area (Å²) in [6.07, 6.45) is 0. The first-order chi connectivity index (χ1) is 10.5. The first kappa shape index (κ1) is 17.6. The summed E-state index contributed by atoms with van der Waals surface area (Å²) in [5, 5.41) is 0. The first-order valence-corrected chi connectivity index (χ1v) is 10.2. The lowest BCUT2D eigenvalue weighted by atomic mass is 10.4. The van der Waals surface area contributed by atoms with Crippen LogP contribution in [-0.2, 0) is 30.1 Å². The van der Waals surface area contributed by atoms with E-state index >= 15 is 0 Å². The number of benzene rings is 2. The van der Waals surface area contributed by atoms with Crippen LogP contribution in [0.15, 0.2) is 68.1 Å². The maximum Gasteiger partial charge on any atom is 0.297 e. The molecule has 0 aliphatic carbocycles. The molecule has 2 aromatic carbocycles. The summed E-state index contributed by atoms with van der Waals surface area (Å²) < 4.78 is 89.0. The van der Waals surface area contributed by atoms with Crippen molar-refractivity contribution in [3.05, 3.63) is 48.5 Å². The number of sulfone groups is 1. The fraction of sp³-hybridized carbons (Fsp3) is 0. The van der Waals surface area contributed by atoms with E-state index in [1.807, 2.05) is 0 Å². The van der Waals surface area contributed by atoms with Crippen LogP contribution in [0.4, 0.5) is 0 Å². The Morgan fingerprint density at radius 1 is 0.609 bits per heavy atom. The molecule has 0 atom stereocenters. The summed E-state index contributed by atoms with van der Waals surface area (Å²) in [5.41, 5.74) is 0. The monoisotopic (exact) mass is 378 g/mol. The van der Waals surface area contributed by atoms with Crippen molar-refractivity contribution >= 4 is 30.1 Å². The van der Waals surface area contributed by atoms with Crippen LogP contribution >= 0.6 is 0 Å². The van der Waals surface area contributed by atoms with Crippen molar-refractivity contribution in [2.24, 2.45) is 0 Å². The summed E-state index contributed by atoms with van der Waals surface area (Å²) in [7, 11) is -14.8. The van der Waals surface area contributed by atoms with Crippen molar-refractivity contribution in [1.29, 1.82) is 0 Å². The van der Waals surface area contributed by atoms with Gasteiger partial charge in [-0.25, -0.2) is 8.42 Å². The molecule has 23 heavy (non-hydrogen) atoms. The van der Waals surface area contributed by atoms with E-state index in [2.05, 4.69) is 0 Å². The lowest BCUT2D eigenvalue weighted by molar-refractivity contribution is 0.463. The molecular formula is C12H10O8S3. The molecule has 8 nitrogen and oxygen atoms in total.